The van der Waals surface area contributed by atoms with Crippen LogP contribution in [-0.2, 0) is 19.5 Å². The van der Waals surface area contributed by atoms with Gasteiger partial charge in [-0.15, -0.1) is 0 Å². The maximum absolute atomic E-state index is 2.51. The molecule has 0 aliphatic heterocycles. The zero-order chi connectivity index (χ0) is 15.4. The monoisotopic (exact) mass is 506 g/mol. The van der Waals surface area contributed by atoms with Gasteiger partial charge in [-0.25, -0.2) is 0 Å². The molecule has 0 spiro atoms. The van der Waals surface area contributed by atoms with Crippen molar-refractivity contribution < 1.29 is 19.5 Å². The molecule has 0 aromatic heterocycles. The van der Waals surface area contributed by atoms with Crippen LogP contribution in [0.1, 0.15) is 0 Å². The van der Waals surface area contributed by atoms with E-state index in [1.807, 2.05) is 0 Å². The first-order valence-corrected chi connectivity index (χ1v) is 31.9. The van der Waals surface area contributed by atoms with Gasteiger partial charge in [0, 0.05) is 19.5 Å². The number of rotatable bonds is 4. The second kappa shape index (κ2) is 9.68. The van der Waals surface area contributed by atoms with E-state index in [2.05, 4.69) is 78.6 Å². The van der Waals surface area contributed by atoms with Crippen molar-refractivity contribution >= 4 is 55.0 Å². The third-order valence-electron chi connectivity index (χ3n) is 1.34. The fraction of sp³-hybridized carbons (Fsp3) is 1.00. The van der Waals surface area contributed by atoms with Crippen LogP contribution in [0.3, 0.4) is 0 Å². The van der Waals surface area contributed by atoms with E-state index >= 15 is 0 Å². The topological polar surface area (TPSA) is 0 Å². The Balaban J connectivity index is -0.000000256. The molecule has 0 amide bonds. The minimum Gasteiger partial charge on any atom is 0 e. The van der Waals surface area contributed by atoms with Crippen LogP contribution in [0.25, 0.3) is 0 Å². The summed E-state index contributed by atoms with van der Waals surface area (Å²) in [5.74, 6) is 0. The van der Waals surface area contributed by atoms with Gasteiger partial charge in [0.25, 0.3) is 0 Å². The molecule has 0 heterocycles. The van der Waals surface area contributed by atoms with E-state index in [4.69, 9.17) is 0 Å². The van der Waals surface area contributed by atoms with Gasteiger partial charge in [0.05, 0.1) is 0 Å². The van der Waals surface area contributed by atoms with Crippen molar-refractivity contribution in [1.82, 2.24) is 0 Å². The average molecular weight is 508 g/mol. The van der Waals surface area contributed by atoms with E-state index in [9.17, 15) is 0 Å². The average Bonchev–Trinajstić information content (AvgIpc) is 1.64. The van der Waals surface area contributed by atoms with Gasteiger partial charge in [0.1, 0.15) is 0 Å². The molecule has 2 radical (unpaired) electrons. The molecule has 0 aliphatic carbocycles. The van der Waals surface area contributed by atoms with Crippen LogP contribution >= 0.6 is 0 Å². The molecule has 0 atom stereocenters. The largest absolute Gasteiger partial charge is 0 e. The van der Waals surface area contributed by atoms with Crippen molar-refractivity contribution in [2.24, 2.45) is 0 Å². The van der Waals surface area contributed by atoms with Crippen LogP contribution in [0.5, 0.6) is 0 Å². The molecule has 0 aliphatic rings. The Hall–Kier alpha value is 2.61. The summed E-state index contributed by atoms with van der Waals surface area (Å²) < 4.78 is 0. The van der Waals surface area contributed by atoms with Crippen molar-refractivity contribution in [3.8, 4) is 0 Å². The number of hydrogen-bond donors (Lipinski definition) is 0. The van der Waals surface area contributed by atoms with Gasteiger partial charge in [-0.3, -0.25) is 0 Å². The Morgan fingerprint density at radius 2 is 0.474 bits per heavy atom. The van der Waals surface area contributed by atoms with E-state index in [-0.39, 0.29) is 19.5 Å². The van der Waals surface area contributed by atoms with Gasteiger partial charge >= 0.3 is 134 Å². The van der Waals surface area contributed by atoms with Crippen LogP contribution in [0.15, 0.2) is 0 Å². The van der Waals surface area contributed by atoms with Crippen LogP contribution in [-0.4, -0.2) is 55.0 Å². The van der Waals surface area contributed by atoms with Gasteiger partial charge in [-0.05, 0) is 0 Å². The minimum absolute atomic E-state index is 0. The quantitative estimate of drug-likeness (QED) is 0.483. The summed E-state index contributed by atoms with van der Waals surface area (Å²) in [6, 6.07) is 0. The van der Waals surface area contributed by atoms with Gasteiger partial charge < -0.3 is 0 Å². The molecule has 0 fully saturated rings. The van der Waals surface area contributed by atoms with E-state index in [0.29, 0.717) is 0 Å². The molecule has 0 bridgehead atoms. The minimum atomic E-state index is -0.637. The molecule has 0 rings (SSSR count). The maximum Gasteiger partial charge on any atom is 0 e. The van der Waals surface area contributed by atoms with Crippen LogP contribution in [0, 0.1) is 0 Å². The summed E-state index contributed by atoms with van der Waals surface area (Å²) in [5, 5.41) is 0. The van der Waals surface area contributed by atoms with Gasteiger partial charge in [0.2, 0.25) is 0 Å². The molecule has 0 saturated heterocycles. The Bertz CT molecular complexity index is 184. The summed E-state index contributed by atoms with van der Waals surface area (Å²) in [7, 11) is 0. The third kappa shape index (κ3) is 33.4. The Morgan fingerprint density at radius 1 is 0.368 bits per heavy atom. The van der Waals surface area contributed by atoms with Crippen molar-refractivity contribution in [3.05, 3.63) is 0 Å². The zero-order valence-corrected chi connectivity index (χ0v) is 26.3. The van der Waals surface area contributed by atoms with E-state index in [1.165, 1.54) is 0 Å². The molecule has 19 heavy (non-hydrogen) atoms. The molecule has 7 heteroatoms. The Labute approximate surface area is 151 Å². The molecule has 0 unspecified atom stereocenters. The Kier molecular flexibility index (Phi) is 13.5. The van der Waals surface area contributed by atoms with Crippen LogP contribution in [0.2, 0.25) is 78.6 Å². The van der Waals surface area contributed by atoms with Gasteiger partial charge in [0.15, 0.2) is 0 Å². The second-order valence-corrected chi connectivity index (χ2v) is 70.3. The molecule has 0 saturated carbocycles. The SMILES string of the molecule is C[Si](C)(C)[As][Si](C)(C)C.C[Si](C)(C)[As][Si](C)(C)C.[Zn]. The van der Waals surface area contributed by atoms with E-state index in [1.54, 1.807) is 0 Å². The second-order valence-electron chi connectivity index (χ2n) is 8.91. The smallest absolute Gasteiger partial charge is 0 e. The van der Waals surface area contributed by atoms with E-state index < -0.39 is 26.2 Å². The summed E-state index contributed by atoms with van der Waals surface area (Å²) in [4.78, 5) is 0. The van der Waals surface area contributed by atoms with Gasteiger partial charge in [-0.2, -0.15) is 0 Å². The van der Waals surface area contributed by atoms with Crippen molar-refractivity contribution in [2.75, 3.05) is 0 Å². The summed E-state index contributed by atoms with van der Waals surface area (Å²) in [5.41, 5.74) is 0. The third-order valence-corrected chi connectivity index (χ3v) is 62.7. The molecule has 0 aromatic rings. The van der Waals surface area contributed by atoms with Crippen molar-refractivity contribution in [2.45, 2.75) is 78.6 Å². The van der Waals surface area contributed by atoms with Crippen molar-refractivity contribution in [1.29, 1.82) is 0 Å². The molecule has 112 valence electrons. The fourth-order valence-corrected chi connectivity index (χ4v) is 94.1. The standard InChI is InChI=1S/2C6H18AsSi2.Zn/c2*1-8(2,3)7-9(4,5)6;/h2*1-6H3;. The first-order chi connectivity index (χ1) is 7.41. The predicted molar refractivity (Wildman–Crippen MR) is 105 cm³/mol. The first kappa shape index (κ1) is 26.5. The van der Waals surface area contributed by atoms with E-state index in [0.717, 1.165) is 28.9 Å². The summed E-state index contributed by atoms with van der Waals surface area (Å²) in [6.07, 6.45) is 0. The molecular weight excluding hydrogens is 472 g/mol. The molecule has 0 aromatic carbocycles. The molecule has 0 nitrogen and oxygen atoms in total. The van der Waals surface area contributed by atoms with Gasteiger partial charge in [-0.1, -0.05) is 0 Å². The number of hydrogen-bond acceptors (Lipinski definition) is 0. The Morgan fingerprint density at radius 3 is 0.474 bits per heavy atom. The normalized spacial score (nSPS) is 13.3. The van der Waals surface area contributed by atoms with Crippen LogP contribution in [0.4, 0.5) is 0 Å². The van der Waals surface area contributed by atoms with Crippen LogP contribution < -0.4 is 0 Å². The zero-order valence-electron chi connectivity index (χ0n) is 15.6. The predicted octanol–water partition coefficient (Wildman–Crippen LogP) is 4.72. The summed E-state index contributed by atoms with van der Waals surface area (Å²) >= 11 is 1.51. The van der Waals surface area contributed by atoms with Crippen molar-refractivity contribution in [3.63, 3.8) is 0 Å². The maximum atomic E-state index is 2.51. The first-order valence-electron chi connectivity index (χ1n) is 6.89. The summed E-state index contributed by atoms with van der Waals surface area (Å²) in [6.45, 7) is 27.5. The molecule has 0 N–H and O–H groups in total. The fourth-order valence-electron chi connectivity index (χ4n) is 2.01. The molecular formula is C12H36As2Si4Zn.